The Kier molecular flexibility index (Phi) is 6.95. The summed E-state index contributed by atoms with van der Waals surface area (Å²) in [6, 6.07) is 6.32. The van der Waals surface area contributed by atoms with Crippen LogP contribution >= 0.6 is 0 Å². The molecule has 1 amide bonds. The molecule has 0 aliphatic rings. The first-order chi connectivity index (χ1) is 11.8. The van der Waals surface area contributed by atoms with Crippen LogP contribution in [0.1, 0.15) is 63.4 Å². The second-order valence-corrected chi connectivity index (χ2v) is 9.47. The van der Waals surface area contributed by atoms with Crippen molar-refractivity contribution in [3.05, 3.63) is 35.4 Å². The molecule has 1 aromatic rings. The van der Waals surface area contributed by atoms with Crippen molar-refractivity contribution in [2.45, 2.75) is 64.3 Å². The lowest BCUT2D eigenvalue weighted by molar-refractivity contribution is -0.138. The Labute approximate surface area is 155 Å². The van der Waals surface area contributed by atoms with E-state index in [9.17, 15) is 18.0 Å². The Morgan fingerprint density at radius 3 is 2.27 bits per heavy atom. The molecule has 0 radical (unpaired) electrons. The van der Waals surface area contributed by atoms with Crippen LogP contribution in [0.15, 0.2) is 24.3 Å². The van der Waals surface area contributed by atoms with Crippen molar-refractivity contribution >= 4 is 21.9 Å². The van der Waals surface area contributed by atoms with Gasteiger partial charge in [-0.15, -0.1) is 0 Å². The Hall–Kier alpha value is -1.93. The number of rotatable bonds is 8. The van der Waals surface area contributed by atoms with Gasteiger partial charge in [-0.2, -0.15) is 0 Å². The van der Waals surface area contributed by atoms with Crippen LogP contribution in [-0.2, 0) is 20.6 Å². The Morgan fingerprint density at radius 1 is 1.15 bits per heavy atom. The van der Waals surface area contributed by atoms with Gasteiger partial charge in [-0.1, -0.05) is 19.1 Å². The van der Waals surface area contributed by atoms with Crippen molar-refractivity contribution in [3.63, 3.8) is 0 Å². The second-order valence-electron chi connectivity index (χ2n) is 7.75. The van der Waals surface area contributed by atoms with Gasteiger partial charge in [0.1, 0.15) is 0 Å². The lowest BCUT2D eigenvalue weighted by Crippen LogP contribution is -2.47. The van der Waals surface area contributed by atoms with E-state index in [2.05, 4.69) is 10.0 Å². The quantitative estimate of drug-likeness (QED) is 0.636. The lowest BCUT2D eigenvalue weighted by atomic mass is 9.94. The highest BCUT2D eigenvalue weighted by Crippen LogP contribution is 2.17. The molecule has 3 N–H and O–H groups in total. The Balaban J connectivity index is 2.95. The van der Waals surface area contributed by atoms with E-state index in [-0.39, 0.29) is 12.2 Å². The number of benzene rings is 1. The van der Waals surface area contributed by atoms with Crippen molar-refractivity contribution in [1.29, 1.82) is 0 Å². The van der Waals surface area contributed by atoms with E-state index in [1.54, 1.807) is 52.8 Å². The average Bonchev–Trinajstić information content (AvgIpc) is 2.43. The van der Waals surface area contributed by atoms with Crippen molar-refractivity contribution in [1.82, 2.24) is 10.0 Å². The van der Waals surface area contributed by atoms with E-state index in [0.29, 0.717) is 17.5 Å². The molecule has 8 heteroatoms. The Morgan fingerprint density at radius 2 is 1.77 bits per heavy atom. The first kappa shape index (κ1) is 22.1. The number of sulfonamides is 1. The van der Waals surface area contributed by atoms with Gasteiger partial charge in [0.25, 0.3) is 5.91 Å². The Bertz CT molecular complexity index is 768. The maximum absolute atomic E-state index is 12.5. The number of carboxylic acid groups (broad SMARTS) is 1. The number of carboxylic acids is 1. The lowest BCUT2D eigenvalue weighted by Gasteiger charge is -2.28. The molecule has 0 aliphatic heterocycles. The molecule has 1 aromatic carbocycles. The highest BCUT2D eigenvalue weighted by atomic mass is 32.2. The summed E-state index contributed by atoms with van der Waals surface area (Å²) >= 11 is 0. The molecule has 0 fully saturated rings. The summed E-state index contributed by atoms with van der Waals surface area (Å²) < 4.78 is 27.0. The van der Waals surface area contributed by atoms with Crippen LogP contribution < -0.4 is 10.0 Å². The standard InChI is InChI=1S/C18H28N2O5S/c1-6-18(5,11-15(21)22)19-16(23)14-9-7-8-13(10-14)12-26(24,25)20-17(2,3)4/h7-10,20H,6,11-12H2,1-5H3,(H,19,23)(H,21,22)/t18-/m0/s1. The number of carbonyl (C=O) groups is 2. The summed E-state index contributed by atoms with van der Waals surface area (Å²) in [7, 11) is -3.55. The molecule has 1 atom stereocenters. The fourth-order valence-corrected chi connectivity index (χ4v) is 4.09. The fourth-order valence-electron chi connectivity index (χ4n) is 2.46. The number of aliphatic carboxylic acids is 1. The van der Waals surface area contributed by atoms with Gasteiger partial charge in [0.15, 0.2) is 0 Å². The largest absolute Gasteiger partial charge is 0.481 e. The summed E-state index contributed by atoms with van der Waals surface area (Å²) in [6.07, 6.45) is 0.257. The summed E-state index contributed by atoms with van der Waals surface area (Å²) in [4.78, 5) is 23.5. The minimum absolute atomic E-state index is 0.196. The smallest absolute Gasteiger partial charge is 0.305 e. The molecule has 0 saturated carbocycles. The zero-order valence-corrected chi connectivity index (χ0v) is 16.7. The highest BCUT2D eigenvalue weighted by molar-refractivity contribution is 7.88. The average molecular weight is 384 g/mol. The van der Waals surface area contributed by atoms with Gasteiger partial charge in [-0.25, -0.2) is 13.1 Å². The molecule has 0 saturated heterocycles. The molecule has 26 heavy (non-hydrogen) atoms. The number of amides is 1. The van der Waals surface area contributed by atoms with Gasteiger partial charge in [0.05, 0.1) is 12.2 Å². The zero-order valence-electron chi connectivity index (χ0n) is 15.9. The van der Waals surface area contributed by atoms with Crippen LogP contribution in [0.2, 0.25) is 0 Å². The predicted octanol–water partition coefficient (Wildman–Crippen LogP) is 2.28. The molecule has 1 rings (SSSR count). The first-order valence-electron chi connectivity index (χ1n) is 8.40. The normalized spacial score (nSPS) is 14.5. The molecule has 0 heterocycles. The molecular formula is C18H28N2O5S. The highest BCUT2D eigenvalue weighted by Gasteiger charge is 2.28. The van der Waals surface area contributed by atoms with Crippen LogP contribution in [0.3, 0.4) is 0 Å². The minimum Gasteiger partial charge on any atom is -0.481 e. The molecule has 0 spiro atoms. The minimum atomic E-state index is -3.55. The van der Waals surface area contributed by atoms with Crippen molar-refractivity contribution in [2.24, 2.45) is 0 Å². The van der Waals surface area contributed by atoms with E-state index in [4.69, 9.17) is 5.11 Å². The number of carbonyl (C=O) groups excluding carboxylic acids is 1. The number of nitrogens with one attached hydrogen (secondary N) is 2. The van der Waals surface area contributed by atoms with E-state index in [1.807, 2.05) is 0 Å². The molecule has 0 bridgehead atoms. The third kappa shape index (κ3) is 7.53. The van der Waals surface area contributed by atoms with Crippen LogP contribution in [-0.4, -0.2) is 36.5 Å². The van der Waals surface area contributed by atoms with Crippen LogP contribution in [0.4, 0.5) is 0 Å². The third-order valence-electron chi connectivity index (χ3n) is 3.74. The van der Waals surface area contributed by atoms with Gasteiger partial charge < -0.3 is 10.4 Å². The fraction of sp³-hybridized carbons (Fsp3) is 0.556. The molecule has 7 nitrogen and oxygen atoms in total. The summed E-state index contributed by atoms with van der Waals surface area (Å²) in [6.45, 7) is 8.72. The summed E-state index contributed by atoms with van der Waals surface area (Å²) in [5.41, 5.74) is -0.698. The van der Waals surface area contributed by atoms with Gasteiger partial charge >= 0.3 is 5.97 Å². The molecule has 0 aromatic heterocycles. The summed E-state index contributed by atoms with van der Waals surface area (Å²) in [5, 5.41) is 11.7. The maximum atomic E-state index is 12.5. The summed E-state index contributed by atoms with van der Waals surface area (Å²) in [5.74, 6) is -1.67. The van der Waals surface area contributed by atoms with Crippen molar-refractivity contribution in [3.8, 4) is 0 Å². The van der Waals surface area contributed by atoms with Crippen LogP contribution in [0.25, 0.3) is 0 Å². The van der Waals surface area contributed by atoms with Gasteiger partial charge in [-0.3, -0.25) is 9.59 Å². The monoisotopic (exact) mass is 384 g/mol. The SMILES string of the molecule is CC[C@@](C)(CC(=O)O)NC(=O)c1cccc(CS(=O)(=O)NC(C)(C)C)c1. The van der Waals surface area contributed by atoms with Crippen molar-refractivity contribution < 1.29 is 23.1 Å². The van der Waals surface area contributed by atoms with Gasteiger partial charge in [0.2, 0.25) is 10.0 Å². The second kappa shape index (κ2) is 8.18. The molecular weight excluding hydrogens is 356 g/mol. The van der Waals surface area contributed by atoms with Crippen LogP contribution in [0, 0.1) is 0 Å². The van der Waals surface area contributed by atoms with E-state index in [1.165, 1.54) is 6.07 Å². The van der Waals surface area contributed by atoms with E-state index >= 15 is 0 Å². The topological polar surface area (TPSA) is 113 Å². The van der Waals surface area contributed by atoms with Crippen LogP contribution in [0.5, 0.6) is 0 Å². The van der Waals surface area contributed by atoms with Crippen molar-refractivity contribution in [2.75, 3.05) is 0 Å². The number of hydrogen-bond donors (Lipinski definition) is 3. The zero-order chi connectivity index (χ0) is 20.2. The first-order valence-corrected chi connectivity index (χ1v) is 10.1. The molecule has 0 aliphatic carbocycles. The molecule has 0 unspecified atom stereocenters. The number of hydrogen-bond acceptors (Lipinski definition) is 4. The predicted molar refractivity (Wildman–Crippen MR) is 100 cm³/mol. The molecule has 146 valence electrons. The maximum Gasteiger partial charge on any atom is 0.305 e. The van der Waals surface area contributed by atoms with E-state index in [0.717, 1.165) is 0 Å². The van der Waals surface area contributed by atoms with Gasteiger partial charge in [0, 0.05) is 16.6 Å². The van der Waals surface area contributed by atoms with E-state index < -0.39 is 33.0 Å². The third-order valence-corrected chi connectivity index (χ3v) is 5.38. The van der Waals surface area contributed by atoms with Gasteiger partial charge in [-0.05, 0) is 51.8 Å².